The van der Waals surface area contributed by atoms with Crippen LogP contribution in [0, 0.1) is 0 Å². The van der Waals surface area contributed by atoms with E-state index in [1.807, 2.05) is 6.07 Å². The molecule has 1 unspecified atom stereocenters. The molecule has 7 heteroatoms. The largest absolute Gasteiger partial charge is 0.378 e. The summed E-state index contributed by atoms with van der Waals surface area (Å²) in [4.78, 5) is 14.3. The van der Waals surface area contributed by atoms with Crippen LogP contribution in [0.15, 0.2) is 30.3 Å². The number of benzene rings is 1. The van der Waals surface area contributed by atoms with E-state index >= 15 is 0 Å². The van der Waals surface area contributed by atoms with Gasteiger partial charge in [-0.2, -0.15) is 4.72 Å². The van der Waals surface area contributed by atoms with Crippen LogP contribution in [0.2, 0.25) is 0 Å². The van der Waals surface area contributed by atoms with Gasteiger partial charge in [-0.25, -0.2) is 8.42 Å². The summed E-state index contributed by atoms with van der Waals surface area (Å²) in [5.74, 6) is -0.297. The van der Waals surface area contributed by atoms with Crippen LogP contribution >= 0.6 is 0 Å². The molecule has 1 N–H and O–H groups in total. The molecule has 0 aliphatic carbocycles. The first-order chi connectivity index (χ1) is 10.0. The number of sulfonamides is 1. The standard InChI is InChI=1S/C14H20N2O4S/c1-2-21(18,19)15-13(12-6-4-3-5-7-12)14(17)16-8-10-20-11-9-16/h3-7,13,15H,2,8-11H2,1H3. The second-order valence-corrected chi connectivity index (χ2v) is 6.85. The molecule has 1 aliphatic rings. The molecular weight excluding hydrogens is 292 g/mol. The van der Waals surface area contributed by atoms with E-state index in [0.717, 1.165) is 0 Å². The SMILES string of the molecule is CCS(=O)(=O)NC(C(=O)N1CCOCC1)c1ccccc1. The van der Waals surface area contributed by atoms with E-state index in [1.54, 1.807) is 36.1 Å². The van der Waals surface area contributed by atoms with Gasteiger partial charge >= 0.3 is 0 Å². The van der Waals surface area contributed by atoms with Crippen LogP contribution in [0.25, 0.3) is 0 Å². The van der Waals surface area contributed by atoms with Gasteiger partial charge in [-0.3, -0.25) is 4.79 Å². The van der Waals surface area contributed by atoms with Crippen molar-refractivity contribution >= 4 is 15.9 Å². The lowest BCUT2D eigenvalue weighted by atomic mass is 10.1. The third-order valence-corrected chi connectivity index (χ3v) is 4.73. The zero-order chi connectivity index (χ0) is 15.3. The molecule has 0 radical (unpaired) electrons. The van der Waals surface area contributed by atoms with Crippen molar-refractivity contribution in [2.75, 3.05) is 32.1 Å². The second-order valence-electron chi connectivity index (χ2n) is 4.80. The highest BCUT2D eigenvalue weighted by atomic mass is 32.2. The van der Waals surface area contributed by atoms with Crippen LogP contribution < -0.4 is 4.72 Å². The van der Waals surface area contributed by atoms with Gasteiger partial charge in [-0.15, -0.1) is 0 Å². The summed E-state index contributed by atoms with van der Waals surface area (Å²) in [6.07, 6.45) is 0. The minimum Gasteiger partial charge on any atom is -0.378 e. The van der Waals surface area contributed by atoms with E-state index in [0.29, 0.717) is 31.9 Å². The number of nitrogens with one attached hydrogen (secondary N) is 1. The van der Waals surface area contributed by atoms with Gasteiger partial charge in [-0.1, -0.05) is 30.3 Å². The van der Waals surface area contributed by atoms with Gasteiger partial charge in [-0.05, 0) is 12.5 Å². The van der Waals surface area contributed by atoms with Gasteiger partial charge in [0.05, 0.1) is 19.0 Å². The van der Waals surface area contributed by atoms with Crippen molar-refractivity contribution in [3.63, 3.8) is 0 Å². The van der Waals surface area contributed by atoms with Gasteiger partial charge < -0.3 is 9.64 Å². The van der Waals surface area contributed by atoms with Gasteiger partial charge in [0.1, 0.15) is 6.04 Å². The maximum Gasteiger partial charge on any atom is 0.245 e. The Morgan fingerprint density at radius 2 is 1.90 bits per heavy atom. The predicted molar refractivity (Wildman–Crippen MR) is 79.2 cm³/mol. The topological polar surface area (TPSA) is 75.7 Å². The Kier molecular flexibility index (Phi) is 5.33. The number of hydrogen-bond donors (Lipinski definition) is 1. The Labute approximate surface area is 125 Å². The van der Waals surface area contributed by atoms with Crippen LogP contribution in [0.5, 0.6) is 0 Å². The first-order valence-corrected chi connectivity index (χ1v) is 8.60. The Bertz CT molecular complexity index is 568. The molecule has 0 saturated carbocycles. The fourth-order valence-electron chi connectivity index (χ4n) is 2.14. The summed E-state index contributed by atoms with van der Waals surface area (Å²) in [6.45, 7) is 3.47. The van der Waals surface area contributed by atoms with Crippen molar-refractivity contribution in [1.82, 2.24) is 9.62 Å². The zero-order valence-electron chi connectivity index (χ0n) is 12.0. The van der Waals surface area contributed by atoms with Crippen LogP contribution in [0.3, 0.4) is 0 Å². The molecule has 1 heterocycles. The van der Waals surface area contributed by atoms with E-state index in [4.69, 9.17) is 4.74 Å². The number of carbonyl (C=O) groups excluding carboxylic acids is 1. The molecule has 21 heavy (non-hydrogen) atoms. The summed E-state index contributed by atoms with van der Waals surface area (Å²) >= 11 is 0. The molecular formula is C14H20N2O4S. The molecule has 0 aromatic heterocycles. The highest BCUT2D eigenvalue weighted by Gasteiger charge is 2.30. The van der Waals surface area contributed by atoms with Crippen molar-refractivity contribution in [2.24, 2.45) is 0 Å². The number of nitrogens with zero attached hydrogens (tertiary/aromatic N) is 1. The van der Waals surface area contributed by atoms with Crippen LogP contribution in [0.4, 0.5) is 0 Å². The van der Waals surface area contributed by atoms with Crippen molar-refractivity contribution < 1.29 is 17.9 Å². The minimum absolute atomic E-state index is 0.0628. The fourth-order valence-corrected chi connectivity index (χ4v) is 2.90. The van der Waals surface area contributed by atoms with E-state index in [9.17, 15) is 13.2 Å². The Balaban J connectivity index is 2.25. The lowest BCUT2D eigenvalue weighted by Crippen LogP contribution is -2.47. The van der Waals surface area contributed by atoms with E-state index in [1.165, 1.54) is 0 Å². The quantitative estimate of drug-likeness (QED) is 0.860. The summed E-state index contributed by atoms with van der Waals surface area (Å²) in [5, 5.41) is 0. The molecule has 1 aromatic carbocycles. The maximum absolute atomic E-state index is 12.6. The van der Waals surface area contributed by atoms with E-state index in [2.05, 4.69) is 4.72 Å². The number of hydrogen-bond acceptors (Lipinski definition) is 4. The molecule has 1 fully saturated rings. The third kappa shape index (κ3) is 4.26. The highest BCUT2D eigenvalue weighted by molar-refractivity contribution is 7.89. The first kappa shape index (κ1) is 15.9. The van der Waals surface area contributed by atoms with Crippen LogP contribution in [-0.2, 0) is 19.6 Å². The van der Waals surface area contributed by atoms with E-state index < -0.39 is 16.1 Å². The number of ether oxygens (including phenoxy) is 1. The monoisotopic (exact) mass is 312 g/mol. The molecule has 116 valence electrons. The van der Waals surface area contributed by atoms with Crippen molar-refractivity contribution in [1.29, 1.82) is 0 Å². The average Bonchev–Trinajstić information content (AvgIpc) is 2.54. The van der Waals surface area contributed by atoms with Crippen LogP contribution in [0.1, 0.15) is 18.5 Å². The van der Waals surface area contributed by atoms with Gasteiger partial charge in [0.25, 0.3) is 0 Å². The fraction of sp³-hybridized carbons (Fsp3) is 0.500. The van der Waals surface area contributed by atoms with Crippen molar-refractivity contribution in [3.8, 4) is 0 Å². The molecule has 1 aromatic rings. The lowest BCUT2D eigenvalue weighted by molar-refractivity contribution is -0.137. The molecule has 1 amide bonds. The predicted octanol–water partition coefficient (Wildman–Crippen LogP) is 0.526. The molecule has 1 aliphatic heterocycles. The van der Waals surface area contributed by atoms with Crippen molar-refractivity contribution in [2.45, 2.75) is 13.0 Å². The van der Waals surface area contributed by atoms with Gasteiger partial charge in [0.2, 0.25) is 15.9 Å². The minimum atomic E-state index is -3.48. The summed E-state index contributed by atoms with van der Waals surface area (Å²) in [6, 6.07) is 8.02. The number of amides is 1. The molecule has 6 nitrogen and oxygen atoms in total. The smallest absolute Gasteiger partial charge is 0.245 e. The number of carbonyl (C=O) groups is 1. The normalized spacial score (nSPS) is 17.5. The zero-order valence-corrected chi connectivity index (χ0v) is 12.8. The van der Waals surface area contributed by atoms with E-state index in [-0.39, 0.29) is 11.7 Å². The first-order valence-electron chi connectivity index (χ1n) is 6.95. The lowest BCUT2D eigenvalue weighted by Gasteiger charge is -2.30. The third-order valence-electron chi connectivity index (χ3n) is 3.38. The number of morpholine rings is 1. The molecule has 1 atom stereocenters. The number of rotatable bonds is 5. The molecule has 1 saturated heterocycles. The Morgan fingerprint density at radius 3 is 2.48 bits per heavy atom. The van der Waals surface area contributed by atoms with Gasteiger partial charge in [0, 0.05) is 13.1 Å². The van der Waals surface area contributed by atoms with Crippen LogP contribution in [-0.4, -0.2) is 51.3 Å². The van der Waals surface area contributed by atoms with Gasteiger partial charge in [0.15, 0.2) is 0 Å². The Hall–Kier alpha value is -1.44. The van der Waals surface area contributed by atoms with Crippen molar-refractivity contribution in [3.05, 3.63) is 35.9 Å². The molecule has 2 rings (SSSR count). The Morgan fingerprint density at radius 1 is 1.29 bits per heavy atom. The summed E-state index contributed by atoms with van der Waals surface area (Å²) in [7, 11) is -3.48. The molecule has 0 spiro atoms. The highest BCUT2D eigenvalue weighted by Crippen LogP contribution is 2.18. The second kappa shape index (κ2) is 7.02. The average molecular weight is 312 g/mol. The summed E-state index contributed by atoms with van der Waals surface area (Å²) in [5.41, 5.74) is 0.644. The molecule has 0 bridgehead atoms. The summed E-state index contributed by atoms with van der Waals surface area (Å²) < 4.78 is 31.4. The maximum atomic E-state index is 12.6.